The van der Waals surface area contributed by atoms with E-state index in [0.717, 1.165) is 0 Å². The minimum atomic E-state index is -1.05. The summed E-state index contributed by atoms with van der Waals surface area (Å²) in [6.07, 6.45) is 0.726. The number of hydrogen-bond donors (Lipinski definition) is 0. The normalized spacial score (nSPS) is 18.7. The van der Waals surface area contributed by atoms with Gasteiger partial charge in [-0.25, -0.2) is 0 Å². The summed E-state index contributed by atoms with van der Waals surface area (Å²) in [6.45, 7) is 4.37. The number of likely N-dealkylation sites (tertiary alicyclic amines) is 1. The maximum Gasteiger partial charge on any atom is 0.326 e. The molecule has 0 unspecified atom stereocenters. The number of piperidine rings is 1. The van der Waals surface area contributed by atoms with Gasteiger partial charge in [0, 0.05) is 20.0 Å². The number of esters is 1. The highest BCUT2D eigenvalue weighted by Crippen LogP contribution is 2.32. The van der Waals surface area contributed by atoms with E-state index in [1.54, 1.807) is 11.8 Å². The van der Waals surface area contributed by atoms with Crippen LogP contribution in [0, 0.1) is 16.7 Å². The molecule has 0 spiro atoms. The Hall–Kier alpha value is -1.57. The predicted molar refractivity (Wildman–Crippen MR) is 56.2 cm³/mol. The third-order valence-corrected chi connectivity index (χ3v) is 2.94. The van der Waals surface area contributed by atoms with Crippen LogP contribution in [0.1, 0.15) is 26.7 Å². The lowest BCUT2D eigenvalue weighted by atomic mass is 9.80. The summed E-state index contributed by atoms with van der Waals surface area (Å²) >= 11 is 0. The van der Waals surface area contributed by atoms with Gasteiger partial charge >= 0.3 is 5.97 Å². The van der Waals surface area contributed by atoms with E-state index in [-0.39, 0.29) is 12.5 Å². The number of carbonyl (C=O) groups excluding carboxylic acids is 2. The van der Waals surface area contributed by atoms with E-state index in [2.05, 4.69) is 0 Å². The average molecular weight is 224 g/mol. The minimum Gasteiger partial charge on any atom is -0.465 e. The second kappa shape index (κ2) is 4.97. The highest BCUT2D eigenvalue weighted by atomic mass is 16.5. The first-order valence-corrected chi connectivity index (χ1v) is 5.39. The van der Waals surface area contributed by atoms with Crippen LogP contribution in [-0.2, 0) is 14.3 Å². The Balaban J connectivity index is 2.69. The molecule has 1 fully saturated rings. The highest BCUT2D eigenvalue weighted by Gasteiger charge is 2.43. The van der Waals surface area contributed by atoms with Gasteiger partial charge in [-0.2, -0.15) is 5.26 Å². The maximum atomic E-state index is 11.7. The van der Waals surface area contributed by atoms with E-state index in [4.69, 9.17) is 10.00 Å². The van der Waals surface area contributed by atoms with Crippen molar-refractivity contribution < 1.29 is 14.3 Å². The van der Waals surface area contributed by atoms with Gasteiger partial charge in [-0.1, -0.05) is 0 Å². The molecule has 0 aromatic heterocycles. The van der Waals surface area contributed by atoms with Crippen molar-refractivity contribution in [1.29, 1.82) is 5.26 Å². The molecule has 0 aromatic carbocycles. The molecule has 0 saturated carbocycles. The number of nitrogens with zero attached hydrogens (tertiary/aromatic N) is 2. The lowest BCUT2D eigenvalue weighted by molar-refractivity contribution is -0.155. The molecule has 5 nitrogen and oxygen atoms in total. The Bertz CT molecular complexity index is 325. The van der Waals surface area contributed by atoms with Crippen molar-refractivity contribution in [3.8, 4) is 6.07 Å². The molecular weight excluding hydrogens is 208 g/mol. The van der Waals surface area contributed by atoms with Crippen LogP contribution in [0.3, 0.4) is 0 Å². The van der Waals surface area contributed by atoms with E-state index < -0.39 is 11.4 Å². The number of ether oxygens (including phenoxy) is 1. The molecule has 0 N–H and O–H groups in total. The smallest absolute Gasteiger partial charge is 0.326 e. The Morgan fingerprint density at radius 3 is 2.38 bits per heavy atom. The summed E-state index contributed by atoms with van der Waals surface area (Å²) in [7, 11) is 0. The Labute approximate surface area is 95.0 Å². The molecule has 1 rings (SSSR count). The quantitative estimate of drug-likeness (QED) is 0.647. The van der Waals surface area contributed by atoms with Gasteiger partial charge in [0.1, 0.15) is 0 Å². The second-order valence-corrected chi connectivity index (χ2v) is 3.92. The molecule has 1 aliphatic heterocycles. The van der Waals surface area contributed by atoms with Crippen molar-refractivity contribution in [2.24, 2.45) is 5.41 Å². The molecule has 1 heterocycles. The van der Waals surface area contributed by atoms with E-state index in [1.165, 1.54) is 6.92 Å². The third-order valence-electron chi connectivity index (χ3n) is 2.94. The van der Waals surface area contributed by atoms with E-state index >= 15 is 0 Å². The van der Waals surface area contributed by atoms with Crippen LogP contribution in [0.5, 0.6) is 0 Å². The lowest BCUT2D eigenvalue weighted by Gasteiger charge is -2.34. The zero-order valence-electron chi connectivity index (χ0n) is 9.65. The molecule has 5 heteroatoms. The fourth-order valence-electron chi connectivity index (χ4n) is 1.83. The molecule has 0 aromatic rings. The molecule has 1 aliphatic rings. The van der Waals surface area contributed by atoms with E-state index in [9.17, 15) is 9.59 Å². The minimum absolute atomic E-state index is 0.0181. The average Bonchev–Trinajstić information content (AvgIpc) is 2.29. The van der Waals surface area contributed by atoms with Crippen molar-refractivity contribution >= 4 is 11.9 Å². The van der Waals surface area contributed by atoms with Gasteiger partial charge in [0.25, 0.3) is 0 Å². The van der Waals surface area contributed by atoms with Crippen LogP contribution in [-0.4, -0.2) is 36.5 Å². The van der Waals surface area contributed by atoms with Gasteiger partial charge in [-0.3, -0.25) is 9.59 Å². The number of amides is 1. The Morgan fingerprint density at radius 2 is 2.00 bits per heavy atom. The first-order valence-electron chi connectivity index (χ1n) is 5.39. The fraction of sp³-hybridized carbons (Fsp3) is 0.727. The van der Waals surface area contributed by atoms with E-state index in [0.29, 0.717) is 25.9 Å². The summed E-state index contributed by atoms with van der Waals surface area (Å²) < 4.78 is 4.91. The van der Waals surface area contributed by atoms with Gasteiger partial charge < -0.3 is 9.64 Å². The molecule has 1 amide bonds. The van der Waals surface area contributed by atoms with Crippen molar-refractivity contribution in [2.45, 2.75) is 26.7 Å². The lowest BCUT2D eigenvalue weighted by Crippen LogP contribution is -2.45. The van der Waals surface area contributed by atoms with Crippen LogP contribution >= 0.6 is 0 Å². The van der Waals surface area contributed by atoms with Crippen molar-refractivity contribution in [2.75, 3.05) is 19.7 Å². The molecule has 1 saturated heterocycles. The summed E-state index contributed by atoms with van der Waals surface area (Å²) in [5.74, 6) is -0.476. The third kappa shape index (κ3) is 2.32. The topological polar surface area (TPSA) is 70.4 Å². The maximum absolute atomic E-state index is 11.7. The van der Waals surface area contributed by atoms with Gasteiger partial charge in [-0.15, -0.1) is 0 Å². The monoisotopic (exact) mass is 224 g/mol. The van der Waals surface area contributed by atoms with Crippen LogP contribution in [0.2, 0.25) is 0 Å². The second-order valence-electron chi connectivity index (χ2n) is 3.92. The first kappa shape index (κ1) is 12.5. The van der Waals surface area contributed by atoms with Crippen LogP contribution in [0.15, 0.2) is 0 Å². The van der Waals surface area contributed by atoms with Crippen LogP contribution in [0.25, 0.3) is 0 Å². The van der Waals surface area contributed by atoms with Crippen molar-refractivity contribution in [3.05, 3.63) is 0 Å². The number of nitriles is 1. The standard InChI is InChI=1S/C11H16N2O3/c1-3-16-10(15)11(8-12)4-6-13(7-5-11)9(2)14/h3-7H2,1-2H3. The van der Waals surface area contributed by atoms with E-state index in [1.807, 2.05) is 6.07 Å². The molecule has 0 atom stereocenters. The van der Waals surface area contributed by atoms with Gasteiger partial charge in [0.05, 0.1) is 12.7 Å². The molecule has 88 valence electrons. The van der Waals surface area contributed by atoms with Crippen molar-refractivity contribution in [1.82, 2.24) is 4.90 Å². The first-order chi connectivity index (χ1) is 7.55. The summed E-state index contributed by atoms with van der Waals surface area (Å²) in [5, 5.41) is 9.11. The molecule has 16 heavy (non-hydrogen) atoms. The van der Waals surface area contributed by atoms with Crippen molar-refractivity contribution in [3.63, 3.8) is 0 Å². The summed E-state index contributed by atoms with van der Waals surface area (Å²) in [4.78, 5) is 24.4. The largest absolute Gasteiger partial charge is 0.465 e. The highest BCUT2D eigenvalue weighted by molar-refractivity contribution is 5.81. The Kier molecular flexibility index (Phi) is 3.88. The number of carbonyl (C=O) groups is 2. The molecule has 0 radical (unpaired) electrons. The molecule has 0 bridgehead atoms. The summed E-state index contributed by atoms with van der Waals surface area (Å²) in [5.41, 5.74) is -1.05. The zero-order valence-corrected chi connectivity index (χ0v) is 9.65. The van der Waals surface area contributed by atoms with Crippen LogP contribution < -0.4 is 0 Å². The fourth-order valence-corrected chi connectivity index (χ4v) is 1.83. The van der Waals surface area contributed by atoms with Crippen LogP contribution in [0.4, 0.5) is 0 Å². The Morgan fingerprint density at radius 1 is 1.44 bits per heavy atom. The van der Waals surface area contributed by atoms with Gasteiger partial charge in [-0.05, 0) is 19.8 Å². The zero-order chi connectivity index (χ0) is 12.2. The molecule has 0 aliphatic carbocycles. The SMILES string of the molecule is CCOC(=O)C1(C#N)CCN(C(C)=O)CC1. The van der Waals surface area contributed by atoms with Gasteiger partial charge in [0.2, 0.25) is 5.91 Å². The summed E-state index contributed by atoms with van der Waals surface area (Å²) in [6, 6.07) is 2.05. The number of rotatable bonds is 2. The number of hydrogen-bond acceptors (Lipinski definition) is 4. The van der Waals surface area contributed by atoms with Gasteiger partial charge in [0.15, 0.2) is 5.41 Å². The molecular formula is C11H16N2O3. The predicted octanol–water partition coefficient (Wildman–Crippen LogP) is 0.702.